The maximum Gasteiger partial charge on any atom is 0.235 e. The molecule has 1 aromatic carbocycles. The van der Waals surface area contributed by atoms with Gasteiger partial charge in [-0.2, -0.15) is 0 Å². The van der Waals surface area contributed by atoms with Crippen LogP contribution in [0, 0.1) is 0 Å². The standard InChI is InChI=1S/C11H8O6/c1-17-11-8(14)5-2-4(12)3-6(13)7(5)9(15)10(11)16/h2-3,12-13,16H,1H3. The van der Waals surface area contributed by atoms with Crippen LogP contribution < -0.4 is 0 Å². The van der Waals surface area contributed by atoms with Gasteiger partial charge in [-0.1, -0.05) is 0 Å². The van der Waals surface area contributed by atoms with Crippen molar-refractivity contribution in [1.29, 1.82) is 0 Å². The second-order valence-corrected chi connectivity index (χ2v) is 3.43. The Bertz CT molecular complexity index is 570. The van der Waals surface area contributed by atoms with Crippen LogP contribution >= 0.6 is 0 Å². The zero-order valence-corrected chi connectivity index (χ0v) is 8.72. The van der Waals surface area contributed by atoms with E-state index in [1.807, 2.05) is 0 Å². The first-order valence-electron chi connectivity index (χ1n) is 4.60. The Morgan fingerprint density at radius 2 is 1.71 bits per heavy atom. The molecule has 0 aliphatic heterocycles. The number of carbonyl (C=O) groups excluding carboxylic acids is 2. The number of fused-ring (bicyclic) bond motifs is 1. The van der Waals surface area contributed by atoms with E-state index in [0.717, 1.165) is 19.2 Å². The Morgan fingerprint density at radius 1 is 1.06 bits per heavy atom. The maximum atomic E-state index is 11.8. The van der Waals surface area contributed by atoms with Crippen LogP contribution in [0.3, 0.4) is 0 Å². The minimum Gasteiger partial charge on any atom is -0.508 e. The molecule has 0 fully saturated rings. The molecule has 17 heavy (non-hydrogen) atoms. The molecule has 0 spiro atoms. The van der Waals surface area contributed by atoms with Gasteiger partial charge in [0.05, 0.1) is 12.7 Å². The van der Waals surface area contributed by atoms with Crippen LogP contribution in [0.15, 0.2) is 23.7 Å². The van der Waals surface area contributed by atoms with E-state index in [9.17, 15) is 24.9 Å². The lowest BCUT2D eigenvalue weighted by molar-refractivity contribution is 0.0853. The highest BCUT2D eigenvalue weighted by atomic mass is 16.5. The van der Waals surface area contributed by atoms with Crippen molar-refractivity contribution >= 4 is 11.6 Å². The average molecular weight is 236 g/mol. The van der Waals surface area contributed by atoms with Crippen molar-refractivity contribution < 1.29 is 29.6 Å². The van der Waals surface area contributed by atoms with Gasteiger partial charge in [-0.05, 0) is 6.07 Å². The Hall–Kier alpha value is -2.50. The fourth-order valence-electron chi connectivity index (χ4n) is 1.67. The van der Waals surface area contributed by atoms with Gasteiger partial charge in [0.25, 0.3) is 0 Å². The van der Waals surface area contributed by atoms with Crippen LogP contribution in [0.2, 0.25) is 0 Å². The first kappa shape index (κ1) is 11.0. The van der Waals surface area contributed by atoms with E-state index < -0.39 is 28.8 Å². The number of phenolic OH excluding ortho intramolecular Hbond substituents is 2. The van der Waals surface area contributed by atoms with Crippen molar-refractivity contribution in [1.82, 2.24) is 0 Å². The van der Waals surface area contributed by atoms with E-state index in [1.165, 1.54) is 0 Å². The molecule has 0 bridgehead atoms. The summed E-state index contributed by atoms with van der Waals surface area (Å²) < 4.78 is 4.62. The molecule has 3 N–H and O–H groups in total. The van der Waals surface area contributed by atoms with Gasteiger partial charge in [0.2, 0.25) is 23.1 Å². The molecule has 0 unspecified atom stereocenters. The number of hydrogen-bond acceptors (Lipinski definition) is 6. The molecule has 1 aliphatic carbocycles. The van der Waals surface area contributed by atoms with E-state index >= 15 is 0 Å². The number of allylic oxidation sites excluding steroid dienone is 2. The summed E-state index contributed by atoms with van der Waals surface area (Å²) in [5.74, 6) is -3.99. The van der Waals surface area contributed by atoms with Gasteiger partial charge in [-0.3, -0.25) is 9.59 Å². The Balaban J connectivity index is 2.77. The van der Waals surface area contributed by atoms with Gasteiger partial charge >= 0.3 is 0 Å². The summed E-state index contributed by atoms with van der Waals surface area (Å²) in [6, 6.07) is 1.94. The molecular formula is C11H8O6. The summed E-state index contributed by atoms with van der Waals surface area (Å²) >= 11 is 0. The van der Waals surface area contributed by atoms with Crippen LogP contribution in [0.1, 0.15) is 20.7 Å². The quantitative estimate of drug-likeness (QED) is 0.669. The van der Waals surface area contributed by atoms with E-state index in [4.69, 9.17) is 0 Å². The lowest BCUT2D eigenvalue weighted by Gasteiger charge is -2.17. The van der Waals surface area contributed by atoms with Crippen LogP contribution in [-0.4, -0.2) is 34.0 Å². The molecule has 2 rings (SSSR count). The number of ether oxygens (including phenoxy) is 1. The highest BCUT2D eigenvalue weighted by molar-refractivity contribution is 6.26. The zero-order valence-electron chi connectivity index (χ0n) is 8.72. The Morgan fingerprint density at radius 3 is 2.29 bits per heavy atom. The molecule has 88 valence electrons. The highest BCUT2D eigenvalue weighted by Gasteiger charge is 2.35. The smallest absolute Gasteiger partial charge is 0.235 e. The van der Waals surface area contributed by atoms with Crippen LogP contribution in [-0.2, 0) is 4.74 Å². The molecule has 0 saturated carbocycles. The molecule has 0 saturated heterocycles. The highest BCUT2D eigenvalue weighted by Crippen LogP contribution is 2.34. The Labute approximate surface area is 95.4 Å². The molecular weight excluding hydrogens is 228 g/mol. The maximum absolute atomic E-state index is 11.8. The summed E-state index contributed by atoms with van der Waals surface area (Å²) in [6.07, 6.45) is 0. The van der Waals surface area contributed by atoms with Crippen molar-refractivity contribution in [2.45, 2.75) is 0 Å². The predicted octanol–water partition coefficient (Wildman–Crippen LogP) is 0.893. The second-order valence-electron chi connectivity index (χ2n) is 3.43. The summed E-state index contributed by atoms with van der Waals surface area (Å²) in [5, 5.41) is 28.2. The fraction of sp³-hybridized carbons (Fsp3) is 0.0909. The van der Waals surface area contributed by atoms with Crippen molar-refractivity contribution in [2.75, 3.05) is 7.11 Å². The van der Waals surface area contributed by atoms with E-state index in [2.05, 4.69) is 4.74 Å². The molecule has 1 aromatic rings. The molecule has 0 heterocycles. The molecule has 6 nitrogen and oxygen atoms in total. The van der Waals surface area contributed by atoms with Crippen LogP contribution in [0.5, 0.6) is 11.5 Å². The van der Waals surface area contributed by atoms with Gasteiger partial charge < -0.3 is 20.1 Å². The van der Waals surface area contributed by atoms with E-state index in [1.54, 1.807) is 0 Å². The molecule has 0 radical (unpaired) electrons. The third-order valence-corrected chi connectivity index (χ3v) is 2.41. The number of hydrogen-bond donors (Lipinski definition) is 3. The topological polar surface area (TPSA) is 104 Å². The molecule has 0 amide bonds. The summed E-state index contributed by atoms with van der Waals surface area (Å²) in [7, 11) is 1.13. The molecule has 6 heteroatoms. The number of benzene rings is 1. The summed E-state index contributed by atoms with van der Waals surface area (Å²) in [4.78, 5) is 23.5. The van der Waals surface area contributed by atoms with Gasteiger partial charge in [-0.25, -0.2) is 0 Å². The van der Waals surface area contributed by atoms with Crippen LogP contribution in [0.25, 0.3) is 0 Å². The van der Waals surface area contributed by atoms with Crippen molar-refractivity contribution in [3.05, 3.63) is 34.8 Å². The molecule has 0 atom stereocenters. The largest absolute Gasteiger partial charge is 0.508 e. The lowest BCUT2D eigenvalue weighted by Crippen LogP contribution is -2.23. The number of ketones is 2. The average Bonchev–Trinajstić information content (AvgIpc) is 2.26. The number of carbonyl (C=O) groups is 2. The number of aliphatic hydroxyl groups excluding tert-OH is 1. The monoisotopic (exact) mass is 236 g/mol. The van der Waals surface area contributed by atoms with Crippen LogP contribution in [0.4, 0.5) is 0 Å². The normalized spacial score (nSPS) is 14.9. The summed E-state index contributed by atoms with van der Waals surface area (Å²) in [5.41, 5.74) is -0.548. The number of aliphatic hydroxyl groups is 1. The molecule has 0 aromatic heterocycles. The summed E-state index contributed by atoms with van der Waals surface area (Å²) in [6.45, 7) is 0. The van der Waals surface area contributed by atoms with Gasteiger partial charge in [0, 0.05) is 11.6 Å². The minimum absolute atomic E-state index is 0.206. The fourth-order valence-corrected chi connectivity index (χ4v) is 1.67. The Kier molecular flexibility index (Phi) is 2.27. The lowest BCUT2D eigenvalue weighted by atomic mass is 9.91. The first-order chi connectivity index (χ1) is 7.97. The predicted molar refractivity (Wildman–Crippen MR) is 55.1 cm³/mol. The number of rotatable bonds is 1. The zero-order chi connectivity index (χ0) is 12.7. The van der Waals surface area contributed by atoms with Crippen molar-refractivity contribution in [2.24, 2.45) is 0 Å². The van der Waals surface area contributed by atoms with E-state index in [0.29, 0.717) is 0 Å². The van der Waals surface area contributed by atoms with Gasteiger partial charge in [-0.15, -0.1) is 0 Å². The van der Waals surface area contributed by atoms with Gasteiger partial charge in [0.15, 0.2) is 0 Å². The van der Waals surface area contributed by atoms with Crippen molar-refractivity contribution in [3.63, 3.8) is 0 Å². The number of aromatic hydroxyl groups is 2. The number of phenols is 2. The number of methoxy groups -OCH3 is 1. The third kappa shape index (κ3) is 1.42. The van der Waals surface area contributed by atoms with E-state index in [-0.39, 0.29) is 16.9 Å². The third-order valence-electron chi connectivity index (χ3n) is 2.41. The SMILES string of the molecule is COC1=C(O)C(=O)c2c(O)cc(O)cc2C1=O. The van der Waals surface area contributed by atoms with Crippen molar-refractivity contribution in [3.8, 4) is 11.5 Å². The first-order valence-corrected chi connectivity index (χ1v) is 4.60. The second kappa shape index (κ2) is 3.51. The molecule has 1 aliphatic rings. The van der Waals surface area contributed by atoms with Gasteiger partial charge in [0.1, 0.15) is 11.5 Å². The minimum atomic E-state index is -0.922. The number of Topliss-reactive ketones (excluding diaryl/α,β-unsaturated/α-hetero) is 2.